The topological polar surface area (TPSA) is 82.5 Å². The summed E-state index contributed by atoms with van der Waals surface area (Å²) in [6.45, 7) is 1.96. The Morgan fingerprint density at radius 2 is 2.17 bits per heavy atom. The van der Waals surface area contributed by atoms with Gasteiger partial charge in [-0.1, -0.05) is 0 Å². The van der Waals surface area contributed by atoms with E-state index in [0.717, 1.165) is 16.5 Å². The maximum Gasteiger partial charge on any atom is 0.407 e. The van der Waals surface area contributed by atoms with Crippen molar-refractivity contribution >= 4 is 33.4 Å². The maximum atomic E-state index is 12.2. The lowest BCUT2D eigenvalue weighted by molar-refractivity contribution is 0.0956. The van der Waals surface area contributed by atoms with Crippen LogP contribution in [0.1, 0.15) is 16.1 Å². The third-order valence-corrected chi connectivity index (χ3v) is 6.06. The third-order valence-electron chi connectivity index (χ3n) is 4.95. The first kappa shape index (κ1) is 14.4. The average molecular weight is 331 g/mol. The van der Waals surface area contributed by atoms with Crippen LogP contribution in [0, 0.1) is 17.8 Å². The van der Waals surface area contributed by atoms with Crippen LogP contribution in [0.2, 0.25) is 0 Å². The number of likely N-dealkylation sites (tertiary alicyclic amines) is 1. The zero-order chi connectivity index (χ0) is 16.0. The van der Waals surface area contributed by atoms with Crippen molar-refractivity contribution in [3.8, 4) is 0 Å². The monoisotopic (exact) mass is 331 g/mol. The number of pyridine rings is 1. The molecule has 120 valence electrons. The fraction of sp³-hybridized carbons (Fsp3) is 0.438. The van der Waals surface area contributed by atoms with Gasteiger partial charge in [-0.25, -0.2) is 4.79 Å². The lowest BCUT2D eigenvalue weighted by atomic mass is 10.2. The highest BCUT2D eigenvalue weighted by Crippen LogP contribution is 2.53. The van der Waals surface area contributed by atoms with Crippen molar-refractivity contribution in [2.45, 2.75) is 6.42 Å². The van der Waals surface area contributed by atoms with E-state index in [1.54, 1.807) is 12.4 Å². The third kappa shape index (κ3) is 2.65. The van der Waals surface area contributed by atoms with E-state index in [1.807, 2.05) is 12.1 Å². The highest BCUT2D eigenvalue weighted by atomic mass is 32.1. The van der Waals surface area contributed by atoms with E-state index in [4.69, 9.17) is 5.11 Å². The number of nitrogens with one attached hydrogen (secondary N) is 1. The van der Waals surface area contributed by atoms with Crippen molar-refractivity contribution in [1.29, 1.82) is 0 Å². The average Bonchev–Trinajstić information content (AvgIpc) is 2.96. The molecular formula is C16H17N3O3S. The minimum absolute atomic E-state index is 0.0378. The van der Waals surface area contributed by atoms with E-state index in [1.165, 1.54) is 16.2 Å². The number of rotatable bonds is 4. The van der Waals surface area contributed by atoms with Gasteiger partial charge in [-0.3, -0.25) is 9.78 Å². The summed E-state index contributed by atoms with van der Waals surface area (Å²) in [5.74, 6) is 1.53. The van der Waals surface area contributed by atoms with Crippen LogP contribution in [-0.4, -0.2) is 46.6 Å². The van der Waals surface area contributed by atoms with Crippen molar-refractivity contribution in [2.75, 3.05) is 19.6 Å². The van der Waals surface area contributed by atoms with E-state index in [2.05, 4.69) is 10.3 Å². The molecule has 4 rings (SSSR count). The molecule has 0 spiro atoms. The molecular weight excluding hydrogens is 314 g/mol. The number of amides is 2. The van der Waals surface area contributed by atoms with Crippen LogP contribution in [0.4, 0.5) is 4.79 Å². The van der Waals surface area contributed by atoms with E-state index >= 15 is 0 Å². The van der Waals surface area contributed by atoms with Crippen LogP contribution in [0.5, 0.6) is 0 Å². The van der Waals surface area contributed by atoms with Crippen LogP contribution in [0.3, 0.4) is 0 Å². The van der Waals surface area contributed by atoms with Gasteiger partial charge >= 0.3 is 6.09 Å². The number of carboxylic acid groups (broad SMARTS) is 1. The molecule has 2 aliphatic rings. The van der Waals surface area contributed by atoms with Gasteiger partial charge in [0.05, 0.1) is 4.88 Å². The molecule has 2 fully saturated rings. The van der Waals surface area contributed by atoms with Gasteiger partial charge in [-0.15, -0.1) is 11.3 Å². The Hall–Kier alpha value is -2.15. The molecule has 2 aromatic heterocycles. The minimum atomic E-state index is -0.816. The quantitative estimate of drug-likeness (QED) is 0.900. The lowest BCUT2D eigenvalue weighted by Gasteiger charge is -2.15. The molecule has 2 amide bonds. The molecule has 23 heavy (non-hydrogen) atoms. The summed E-state index contributed by atoms with van der Waals surface area (Å²) in [4.78, 5) is 29.3. The molecule has 6 nitrogen and oxygen atoms in total. The highest BCUT2D eigenvalue weighted by Gasteiger charge is 2.55. The molecule has 2 atom stereocenters. The smallest absolute Gasteiger partial charge is 0.407 e. The number of nitrogens with zero attached hydrogens (tertiary/aromatic N) is 2. The maximum absolute atomic E-state index is 12.2. The summed E-state index contributed by atoms with van der Waals surface area (Å²) in [7, 11) is 0. The Balaban J connectivity index is 1.26. The van der Waals surface area contributed by atoms with E-state index in [0.29, 0.717) is 42.3 Å². The predicted octanol–water partition coefficient (Wildman–Crippen LogP) is 2.27. The number of piperidine rings is 1. The van der Waals surface area contributed by atoms with Crippen molar-refractivity contribution < 1.29 is 14.7 Å². The molecule has 1 saturated heterocycles. The Bertz CT molecular complexity index is 730. The summed E-state index contributed by atoms with van der Waals surface area (Å²) in [5, 5.41) is 12.9. The predicted molar refractivity (Wildman–Crippen MR) is 86.6 cm³/mol. The molecule has 1 aliphatic heterocycles. The molecule has 2 unspecified atom stereocenters. The Kier molecular flexibility index (Phi) is 3.45. The Labute approximate surface area is 137 Å². The summed E-state index contributed by atoms with van der Waals surface area (Å²) in [5.41, 5.74) is 0. The summed E-state index contributed by atoms with van der Waals surface area (Å²) < 4.78 is 1.07. The van der Waals surface area contributed by atoms with Gasteiger partial charge in [-0.05, 0) is 36.3 Å². The van der Waals surface area contributed by atoms with Gasteiger partial charge in [0.25, 0.3) is 5.91 Å². The first-order valence-electron chi connectivity index (χ1n) is 7.73. The van der Waals surface area contributed by atoms with Crippen LogP contribution >= 0.6 is 11.3 Å². The number of carbonyl (C=O) groups excluding carboxylic acids is 1. The molecule has 2 aromatic rings. The molecule has 0 radical (unpaired) electrons. The fourth-order valence-corrected chi connectivity index (χ4v) is 4.62. The first-order valence-corrected chi connectivity index (χ1v) is 8.55. The molecule has 3 heterocycles. The molecule has 0 aromatic carbocycles. The van der Waals surface area contributed by atoms with Crippen molar-refractivity contribution in [3.05, 3.63) is 29.4 Å². The number of carbonyl (C=O) groups is 2. The largest absolute Gasteiger partial charge is 0.465 e. The number of aromatic nitrogens is 1. The summed E-state index contributed by atoms with van der Waals surface area (Å²) in [6, 6.07) is 3.79. The van der Waals surface area contributed by atoms with Gasteiger partial charge in [0.15, 0.2) is 0 Å². The second-order valence-corrected chi connectivity index (χ2v) is 7.33. The zero-order valence-electron chi connectivity index (χ0n) is 12.4. The van der Waals surface area contributed by atoms with Crippen molar-refractivity contribution in [2.24, 2.45) is 17.8 Å². The number of hydrogen-bond donors (Lipinski definition) is 2. The Morgan fingerprint density at radius 3 is 2.87 bits per heavy atom. The SMILES string of the molecule is O=C(NCCC1C2CN(C(=O)O)CC12)c1cc2cnccc2s1. The van der Waals surface area contributed by atoms with Crippen molar-refractivity contribution in [3.63, 3.8) is 0 Å². The first-order chi connectivity index (χ1) is 11.1. The number of thiophene rings is 1. The van der Waals surface area contributed by atoms with E-state index in [-0.39, 0.29) is 5.91 Å². The normalized spacial score (nSPS) is 25.4. The second kappa shape index (κ2) is 5.49. The van der Waals surface area contributed by atoms with Gasteiger partial charge in [0.1, 0.15) is 0 Å². The number of hydrogen-bond acceptors (Lipinski definition) is 4. The molecule has 1 aliphatic carbocycles. The standard InChI is InChI=1S/C16H17N3O3S/c20-15(14-5-9-6-17-3-2-13(9)23-14)18-4-1-10-11-7-19(16(21)22)8-12(10)11/h2-3,5-6,10-12H,1,4,7-8H2,(H,18,20)(H,21,22). The zero-order valence-corrected chi connectivity index (χ0v) is 13.3. The van der Waals surface area contributed by atoms with Gasteiger partial charge in [-0.2, -0.15) is 0 Å². The second-order valence-electron chi connectivity index (χ2n) is 6.25. The van der Waals surface area contributed by atoms with Crippen LogP contribution in [0.15, 0.2) is 24.5 Å². The fourth-order valence-electron chi connectivity index (χ4n) is 3.67. The molecule has 2 N–H and O–H groups in total. The van der Waals surface area contributed by atoms with Crippen LogP contribution in [0.25, 0.3) is 10.1 Å². The van der Waals surface area contributed by atoms with Gasteiger partial charge in [0, 0.05) is 42.1 Å². The van der Waals surface area contributed by atoms with Crippen LogP contribution < -0.4 is 5.32 Å². The highest BCUT2D eigenvalue weighted by molar-refractivity contribution is 7.20. The molecule has 7 heteroatoms. The molecule has 0 bridgehead atoms. The number of fused-ring (bicyclic) bond motifs is 2. The Morgan fingerprint density at radius 1 is 1.39 bits per heavy atom. The van der Waals surface area contributed by atoms with E-state index < -0.39 is 6.09 Å². The van der Waals surface area contributed by atoms with Gasteiger partial charge < -0.3 is 15.3 Å². The summed E-state index contributed by atoms with van der Waals surface area (Å²) >= 11 is 1.48. The van der Waals surface area contributed by atoms with Gasteiger partial charge in [0.2, 0.25) is 0 Å². The lowest BCUT2D eigenvalue weighted by Crippen LogP contribution is -2.30. The van der Waals surface area contributed by atoms with Crippen LogP contribution in [-0.2, 0) is 0 Å². The van der Waals surface area contributed by atoms with Crippen molar-refractivity contribution in [1.82, 2.24) is 15.2 Å². The van der Waals surface area contributed by atoms with E-state index in [9.17, 15) is 9.59 Å². The summed E-state index contributed by atoms with van der Waals surface area (Å²) in [6.07, 6.45) is 3.61. The molecule has 1 saturated carbocycles. The minimum Gasteiger partial charge on any atom is -0.465 e.